The summed E-state index contributed by atoms with van der Waals surface area (Å²) in [6.07, 6.45) is -3.52. The van der Waals surface area contributed by atoms with E-state index in [2.05, 4.69) is 0 Å². The lowest BCUT2D eigenvalue weighted by Gasteiger charge is -2.20. The smallest absolute Gasteiger partial charge is 0.351 e. The first-order valence-corrected chi connectivity index (χ1v) is 4.51. The molecule has 0 aliphatic heterocycles. The van der Waals surface area contributed by atoms with Gasteiger partial charge in [0.2, 0.25) is 0 Å². The van der Waals surface area contributed by atoms with E-state index < -0.39 is 18.3 Å². The first-order valence-electron chi connectivity index (χ1n) is 4.51. The number of carbonyl (C=O) groups excluding carboxylic acids is 1. The maximum atomic E-state index is 12.4. The van der Waals surface area contributed by atoms with Crippen LogP contribution in [0.3, 0.4) is 0 Å². The summed E-state index contributed by atoms with van der Waals surface area (Å²) in [6, 6.07) is 0. The molecule has 6 heteroatoms. The molecule has 0 aromatic heterocycles. The van der Waals surface area contributed by atoms with Crippen molar-refractivity contribution >= 4 is 5.91 Å². The topological polar surface area (TPSA) is 29.1 Å². The Morgan fingerprint density at radius 3 is 2.07 bits per heavy atom. The Bertz CT molecular complexity index is 223. The molecular weight excluding hydrogens is 214 g/mol. The van der Waals surface area contributed by atoms with Gasteiger partial charge in [0.25, 0.3) is 5.91 Å². The lowest BCUT2D eigenvalue weighted by Crippen LogP contribution is -2.45. The van der Waals surface area contributed by atoms with Gasteiger partial charge in [-0.2, -0.15) is 8.78 Å². The van der Waals surface area contributed by atoms with Gasteiger partial charge in [-0.25, -0.2) is 8.78 Å². The highest BCUT2D eigenvalue weighted by Crippen LogP contribution is 2.23. The quantitative estimate of drug-likeness (QED) is 0.737. The second kappa shape index (κ2) is 4.81. The summed E-state index contributed by atoms with van der Waals surface area (Å²) in [5.41, 5.74) is -0.145. The van der Waals surface area contributed by atoms with Crippen molar-refractivity contribution in [3.8, 4) is 0 Å². The fraction of sp³-hybridized carbons (Fsp3) is 0.889. The Labute approximate surface area is 86.0 Å². The van der Waals surface area contributed by atoms with Crippen LogP contribution in [-0.4, -0.2) is 24.8 Å². The minimum Gasteiger partial charge on any atom is -0.351 e. The number of halogens is 4. The van der Waals surface area contributed by atoms with Gasteiger partial charge >= 0.3 is 12.3 Å². The Hall–Kier alpha value is -0.810. The molecule has 0 aliphatic carbocycles. The zero-order valence-corrected chi connectivity index (χ0v) is 8.91. The molecule has 1 amide bonds. The molecule has 15 heavy (non-hydrogen) atoms. The number of amides is 1. The Balaban J connectivity index is 4.06. The molecule has 0 unspecified atom stereocenters. The number of rotatable bonds is 4. The van der Waals surface area contributed by atoms with Crippen molar-refractivity contribution in [1.29, 1.82) is 0 Å². The molecule has 0 radical (unpaired) electrons. The summed E-state index contributed by atoms with van der Waals surface area (Å²) in [4.78, 5) is 10.7. The largest absolute Gasteiger partial charge is 0.383 e. The van der Waals surface area contributed by atoms with Crippen molar-refractivity contribution in [2.45, 2.75) is 39.5 Å². The van der Waals surface area contributed by atoms with Gasteiger partial charge in [0.1, 0.15) is 0 Å². The van der Waals surface area contributed by atoms with E-state index in [0.29, 0.717) is 6.42 Å². The summed E-state index contributed by atoms with van der Waals surface area (Å²) in [5, 5.41) is 1.79. The molecule has 1 N–H and O–H groups in total. The lowest BCUT2D eigenvalue weighted by atomic mass is 9.92. The third-order valence-electron chi connectivity index (χ3n) is 1.74. The molecule has 90 valence electrons. The molecule has 2 nitrogen and oxygen atoms in total. The SMILES string of the molecule is CC(C)(C)CCNC(=O)C(F)(F)C(F)F. The maximum absolute atomic E-state index is 12.4. The van der Waals surface area contributed by atoms with E-state index in [-0.39, 0.29) is 12.0 Å². The van der Waals surface area contributed by atoms with Crippen molar-refractivity contribution in [3.05, 3.63) is 0 Å². The van der Waals surface area contributed by atoms with Crippen molar-refractivity contribution in [1.82, 2.24) is 5.32 Å². The van der Waals surface area contributed by atoms with Crippen LogP contribution in [0, 0.1) is 5.41 Å². The molecule has 0 aromatic rings. The highest BCUT2D eigenvalue weighted by molar-refractivity contribution is 5.83. The van der Waals surface area contributed by atoms with E-state index in [1.54, 1.807) is 5.32 Å². The third kappa shape index (κ3) is 4.99. The second-order valence-electron chi connectivity index (χ2n) is 4.49. The molecule has 0 atom stereocenters. The summed E-state index contributed by atoms with van der Waals surface area (Å²) in [6.45, 7) is 5.52. The van der Waals surface area contributed by atoms with E-state index in [1.165, 1.54) is 0 Å². The number of hydrogen-bond acceptors (Lipinski definition) is 1. The van der Waals surface area contributed by atoms with E-state index in [9.17, 15) is 22.4 Å². The summed E-state index contributed by atoms with van der Waals surface area (Å²) < 4.78 is 48.2. The molecular formula is C9H15F4NO. The minimum absolute atomic E-state index is 0.0371. The van der Waals surface area contributed by atoms with Gasteiger partial charge in [0.15, 0.2) is 0 Å². The molecule has 0 aromatic carbocycles. The van der Waals surface area contributed by atoms with Gasteiger partial charge in [-0.1, -0.05) is 20.8 Å². The molecule has 0 heterocycles. The van der Waals surface area contributed by atoms with E-state index in [1.807, 2.05) is 20.8 Å². The predicted molar refractivity (Wildman–Crippen MR) is 48.0 cm³/mol. The molecule has 0 spiro atoms. The van der Waals surface area contributed by atoms with Crippen LogP contribution in [-0.2, 0) is 4.79 Å². The summed E-state index contributed by atoms with van der Waals surface area (Å²) in [7, 11) is 0. The Morgan fingerprint density at radius 2 is 1.73 bits per heavy atom. The molecule has 0 bridgehead atoms. The van der Waals surface area contributed by atoms with Crippen LogP contribution in [0.15, 0.2) is 0 Å². The second-order valence-corrected chi connectivity index (χ2v) is 4.49. The van der Waals surface area contributed by atoms with Crippen LogP contribution in [0.4, 0.5) is 17.6 Å². The van der Waals surface area contributed by atoms with Gasteiger partial charge in [0, 0.05) is 6.54 Å². The number of nitrogens with one attached hydrogen (secondary N) is 1. The highest BCUT2D eigenvalue weighted by atomic mass is 19.3. The average Bonchev–Trinajstić information content (AvgIpc) is 2.01. The van der Waals surface area contributed by atoms with Gasteiger partial charge in [0.05, 0.1) is 0 Å². The summed E-state index contributed by atoms with van der Waals surface area (Å²) >= 11 is 0. The molecule has 0 saturated heterocycles. The Kier molecular flexibility index (Phi) is 4.55. The standard InChI is InChI=1S/C9H15F4NO/c1-8(2,3)4-5-14-7(15)9(12,13)6(10)11/h6H,4-5H2,1-3H3,(H,14,15). The minimum atomic E-state index is -4.60. The number of carbonyl (C=O) groups is 1. The first-order chi connectivity index (χ1) is 6.57. The fourth-order valence-corrected chi connectivity index (χ4v) is 0.768. The van der Waals surface area contributed by atoms with Crippen molar-refractivity contribution < 1.29 is 22.4 Å². The van der Waals surface area contributed by atoms with E-state index in [4.69, 9.17) is 0 Å². The van der Waals surface area contributed by atoms with Gasteiger partial charge in [-0.05, 0) is 11.8 Å². The summed E-state index contributed by atoms with van der Waals surface area (Å²) in [5.74, 6) is -6.51. The number of hydrogen-bond donors (Lipinski definition) is 1. The van der Waals surface area contributed by atoms with Gasteiger partial charge in [-0.15, -0.1) is 0 Å². The molecule has 0 rings (SSSR count). The maximum Gasteiger partial charge on any atom is 0.383 e. The molecule has 0 aliphatic rings. The van der Waals surface area contributed by atoms with Crippen LogP contribution >= 0.6 is 0 Å². The normalized spacial score (nSPS) is 13.1. The monoisotopic (exact) mass is 229 g/mol. The van der Waals surface area contributed by atoms with Crippen LogP contribution in [0.2, 0.25) is 0 Å². The molecule has 0 fully saturated rings. The van der Waals surface area contributed by atoms with Crippen LogP contribution in [0.5, 0.6) is 0 Å². The third-order valence-corrected chi connectivity index (χ3v) is 1.74. The zero-order valence-electron chi connectivity index (χ0n) is 8.91. The van der Waals surface area contributed by atoms with E-state index >= 15 is 0 Å². The first kappa shape index (κ1) is 14.2. The zero-order chi connectivity index (χ0) is 12.3. The van der Waals surface area contributed by atoms with Crippen LogP contribution in [0.1, 0.15) is 27.2 Å². The fourth-order valence-electron chi connectivity index (χ4n) is 0.768. The van der Waals surface area contributed by atoms with E-state index in [0.717, 1.165) is 0 Å². The number of alkyl halides is 4. The lowest BCUT2D eigenvalue weighted by molar-refractivity contribution is -0.169. The van der Waals surface area contributed by atoms with Crippen molar-refractivity contribution in [2.24, 2.45) is 5.41 Å². The van der Waals surface area contributed by atoms with Gasteiger partial charge in [-0.3, -0.25) is 4.79 Å². The predicted octanol–water partition coefficient (Wildman–Crippen LogP) is 2.44. The van der Waals surface area contributed by atoms with Gasteiger partial charge < -0.3 is 5.32 Å². The average molecular weight is 229 g/mol. The Morgan fingerprint density at radius 1 is 1.27 bits per heavy atom. The van der Waals surface area contributed by atoms with Crippen molar-refractivity contribution in [3.63, 3.8) is 0 Å². The molecule has 0 saturated carbocycles. The highest BCUT2D eigenvalue weighted by Gasteiger charge is 2.48. The van der Waals surface area contributed by atoms with Crippen LogP contribution in [0.25, 0.3) is 0 Å². The van der Waals surface area contributed by atoms with Crippen molar-refractivity contribution in [2.75, 3.05) is 6.54 Å². The van der Waals surface area contributed by atoms with Crippen LogP contribution < -0.4 is 5.32 Å².